The van der Waals surface area contributed by atoms with E-state index in [1.54, 1.807) is 37.3 Å². The Morgan fingerprint density at radius 3 is 2.36 bits per heavy atom. The van der Waals surface area contributed by atoms with E-state index < -0.39 is 23.5 Å². The standard InChI is InChI=1S/C24H15ClF4N6O/c1-13-8-16(10-31-21(13)26)20-18(15-3-5-17(25)6-4-15)11-32-35-22(20)33-34(23(35)36)12-14-2-7-19(30-9-14)24(27,28)29/h2-11H,12H2,1H3. The van der Waals surface area contributed by atoms with E-state index in [0.29, 0.717) is 32.8 Å². The third-order valence-corrected chi connectivity index (χ3v) is 5.77. The maximum Gasteiger partial charge on any atom is 0.433 e. The van der Waals surface area contributed by atoms with Crippen LogP contribution >= 0.6 is 11.6 Å². The van der Waals surface area contributed by atoms with Gasteiger partial charge in [0, 0.05) is 39.7 Å². The lowest BCUT2D eigenvalue weighted by Crippen LogP contribution is -2.23. The van der Waals surface area contributed by atoms with Gasteiger partial charge >= 0.3 is 11.9 Å². The summed E-state index contributed by atoms with van der Waals surface area (Å²) in [7, 11) is 0. The van der Waals surface area contributed by atoms with Crippen LogP contribution in [0.15, 0.2) is 65.8 Å². The third-order valence-electron chi connectivity index (χ3n) is 5.52. The van der Waals surface area contributed by atoms with Crippen LogP contribution in [0.2, 0.25) is 5.02 Å². The fourth-order valence-electron chi connectivity index (χ4n) is 3.75. The predicted octanol–water partition coefficient (Wildman–Crippen LogP) is 5.18. The molecule has 12 heteroatoms. The highest BCUT2D eigenvalue weighted by molar-refractivity contribution is 6.30. The predicted molar refractivity (Wildman–Crippen MR) is 124 cm³/mol. The van der Waals surface area contributed by atoms with Crippen LogP contribution in [0.5, 0.6) is 0 Å². The monoisotopic (exact) mass is 514 g/mol. The fourth-order valence-corrected chi connectivity index (χ4v) is 3.88. The minimum Gasteiger partial charge on any atom is -0.251 e. The minimum atomic E-state index is -4.57. The van der Waals surface area contributed by atoms with Gasteiger partial charge in [-0.25, -0.2) is 14.5 Å². The lowest BCUT2D eigenvalue weighted by molar-refractivity contribution is -0.141. The number of fused-ring (bicyclic) bond motifs is 1. The van der Waals surface area contributed by atoms with Crippen LogP contribution in [0.1, 0.15) is 16.8 Å². The number of aromatic nitrogens is 6. The number of nitrogens with zero attached hydrogens (tertiary/aromatic N) is 6. The summed E-state index contributed by atoms with van der Waals surface area (Å²) in [6.07, 6.45) is -0.714. The van der Waals surface area contributed by atoms with Gasteiger partial charge in [0.2, 0.25) is 5.95 Å². The zero-order valence-electron chi connectivity index (χ0n) is 18.5. The second-order valence-electron chi connectivity index (χ2n) is 8.00. The van der Waals surface area contributed by atoms with Crippen LogP contribution in [0.4, 0.5) is 17.6 Å². The summed E-state index contributed by atoms with van der Waals surface area (Å²) < 4.78 is 54.6. The van der Waals surface area contributed by atoms with Gasteiger partial charge in [-0.05, 0) is 42.3 Å². The lowest BCUT2D eigenvalue weighted by Gasteiger charge is -2.11. The van der Waals surface area contributed by atoms with Gasteiger partial charge in [0.25, 0.3) is 0 Å². The van der Waals surface area contributed by atoms with Crippen molar-refractivity contribution in [2.24, 2.45) is 0 Å². The van der Waals surface area contributed by atoms with Gasteiger partial charge < -0.3 is 0 Å². The first-order valence-corrected chi connectivity index (χ1v) is 10.9. The highest BCUT2D eigenvalue weighted by atomic mass is 35.5. The van der Waals surface area contributed by atoms with Crippen LogP contribution in [-0.4, -0.2) is 29.4 Å². The highest BCUT2D eigenvalue weighted by Crippen LogP contribution is 2.35. The van der Waals surface area contributed by atoms with Crippen molar-refractivity contribution in [2.45, 2.75) is 19.6 Å². The molecular formula is C24H15ClF4N6O. The average Bonchev–Trinajstić information content (AvgIpc) is 3.16. The van der Waals surface area contributed by atoms with E-state index in [1.807, 2.05) is 0 Å². The molecule has 0 saturated carbocycles. The van der Waals surface area contributed by atoms with Gasteiger partial charge in [0.05, 0.1) is 12.7 Å². The van der Waals surface area contributed by atoms with Crippen molar-refractivity contribution in [2.75, 3.05) is 0 Å². The Morgan fingerprint density at radius 1 is 0.972 bits per heavy atom. The Bertz CT molecular complexity index is 1640. The van der Waals surface area contributed by atoms with Crippen LogP contribution in [-0.2, 0) is 12.7 Å². The van der Waals surface area contributed by atoms with E-state index >= 15 is 0 Å². The lowest BCUT2D eigenvalue weighted by atomic mass is 9.97. The number of hydrogen-bond donors (Lipinski definition) is 0. The number of aryl methyl sites for hydroxylation is 1. The number of alkyl halides is 3. The van der Waals surface area contributed by atoms with Gasteiger partial charge in [-0.3, -0.25) is 4.98 Å². The molecule has 0 atom stereocenters. The molecule has 0 aliphatic heterocycles. The number of hydrogen-bond acceptors (Lipinski definition) is 5. The van der Waals surface area contributed by atoms with Crippen molar-refractivity contribution in [3.8, 4) is 22.3 Å². The Labute approximate surface area is 205 Å². The Balaban J connectivity index is 1.68. The largest absolute Gasteiger partial charge is 0.433 e. The summed E-state index contributed by atoms with van der Waals surface area (Å²) in [5.74, 6) is -0.630. The fraction of sp³-hybridized carbons (Fsp3) is 0.125. The summed E-state index contributed by atoms with van der Waals surface area (Å²) in [6.45, 7) is 1.43. The first kappa shape index (κ1) is 23.6. The van der Waals surface area contributed by atoms with Crippen molar-refractivity contribution in [3.05, 3.63) is 99.3 Å². The van der Waals surface area contributed by atoms with Gasteiger partial charge in [-0.15, -0.1) is 5.10 Å². The maximum atomic E-state index is 13.9. The van der Waals surface area contributed by atoms with Crippen molar-refractivity contribution >= 4 is 17.2 Å². The van der Waals surface area contributed by atoms with Crippen LogP contribution in [0.25, 0.3) is 27.9 Å². The minimum absolute atomic E-state index is 0.135. The molecule has 0 fully saturated rings. The molecule has 0 radical (unpaired) electrons. The highest BCUT2D eigenvalue weighted by Gasteiger charge is 2.32. The number of benzene rings is 1. The maximum absolute atomic E-state index is 13.9. The molecule has 0 aliphatic rings. The molecule has 0 saturated heterocycles. The molecule has 4 heterocycles. The zero-order chi connectivity index (χ0) is 25.6. The second-order valence-corrected chi connectivity index (χ2v) is 8.43. The summed E-state index contributed by atoms with van der Waals surface area (Å²) >= 11 is 6.03. The number of pyridine rings is 2. The molecule has 5 aromatic rings. The van der Waals surface area contributed by atoms with E-state index in [1.165, 1.54) is 18.5 Å². The smallest absolute Gasteiger partial charge is 0.251 e. The molecule has 0 aliphatic carbocycles. The van der Waals surface area contributed by atoms with E-state index in [-0.39, 0.29) is 12.2 Å². The average molecular weight is 515 g/mol. The first-order chi connectivity index (χ1) is 17.1. The summed E-state index contributed by atoms with van der Waals surface area (Å²) in [6, 6.07) is 10.6. The van der Waals surface area contributed by atoms with Crippen molar-refractivity contribution in [1.29, 1.82) is 0 Å². The van der Waals surface area contributed by atoms with E-state index in [9.17, 15) is 22.4 Å². The Kier molecular flexibility index (Phi) is 5.79. The zero-order valence-corrected chi connectivity index (χ0v) is 19.2. The van der Waals surface area contributed by atoms with Gasteiger partial charge in [-0.2, -0.15) is 27.2 Å². The van der Waals surface area contributed by atoms with Gasteiger partial charge in [0.15, 0.2) is 5.65 Å². The van der Waals surface area contributed by atoms with Crippen molar-refractivity contribution < 1.29 is 17.6 Å². The quantitative estimate of drug-likeness (QED) is 0.244. The van der Waals surface area contributed by atoms with Crippen LogP contribution < -0.4 is 5.69 Å². The molecule has 182 valence electrons. The molecule has 0 unspecified atom stereocenters. The molecule has 36 heavy (non-hydrogen) atoms. The third kappa shape index (κ3) is 4.33. The number of rotatable bonds is 4. The molecule has 1 aromatic carbocycles. The van der Waals surface area contributed by atoms with Crippen molar-refractivity contribution in [3.63, 3.8) is 0 Å². The van der Waals surface area contributed by atoms with E-state index in [4.69, 9.17) is 11.6 Å². The topological polar surface area (TPSA) is 78.0 Å². The SMILES string of the molecule is Cc1cc(-c2c(-c3ccc(Cl)cc3)cnn3c(=O)n(Cc4ccc(C(F)(F)F)nc4)nc23)cnc1F. The second kappa shape index (κ2) is 8.83. The Morgan fingerprint density at radius 2 is 1.72 bits per heavy atom. The van der Waals surface area contributed by atoms with Crippen LogP contribution in [0.3, 0.4) is 0 Å². The molecule has 0 bridgehead atoms. The normalized spacial score (nSPS) is 11.8. The molecule has 0 N–H and O–H groups in total. The van der Waals surface area contributed by atoms with E-state index in [0.717, 1.165) is 27.0 Å². The molecular weight excluding hydrogens is 500 g/mol. The molecule has 7 nitrogen and oxygen atoms in total. The summed E-state index contributed by atoms with van der Waals surface area (Å²) in [5, 5.41) is 9.19. The van der Waals surface area contributed by atoms with Crippen LogP contribution in [0, 0.1) is 12.9 Å². The number of halogens is 5. The molecule has 4 aromatic heterocycles. The Hall–Kier alpha value is -4.12. The summed E-state index contributed by atoms with van der Waals surface area (Å²) in [5.41, 5.74) is 1.45. The first-order valence-electron chi connectivity index (χ1n) is 10.5. The molecule has 5 rings (SSSR count). The van der Waals surface area contributed by atoms with E-state index in [2.05, 4.69) is 20.2 Å². The van der Waals surface area contributed by atoms with Crippen molar-refractivity contribution in [1.82, 2.24) is 29.4 Å². The van der Waals surface area contributed by atoms with Gasteiger partial charge in [-0.1, -0.05) is 29.8 Å². The molecule has 0 spiro atoms. The molecule has 0 amide bonds. The summed E-state index contributed by atoms with van der Waals surface area (Å²) in [4.78, 5) is 20.3. The van der Waals surface area contributed by atoms with Gasteiger partial charge in [0.1, 0.15) is 5.69 Å².